The normalized spacial score (nSPS) is 8.62. The van der Waals surface area contributed by atoms with Gasteiger partial charge in [-0.1, -0.05) is 192 Å². The van der Waals surface area contributed by atoms with Crippen molar-refractivity contribution in [3.05, 3.63) is 59.7 Å². The van der Waals surface area contributed by atoms with Crippen LogP contribution in [0.4, 0.5) is 0 Å². The molecule has 0 amide bonds. The van der Waals surface area contributed by atoms with E-state index in [0.717, 1.165) is 36.8 Å². The highest BCUT2D eigenvalue weighted by molar-refractivity contribution is 7.42. The summed E-state index contributed by atoms with van der Waals surface area (Å²) >= 11 is 0. The third-order valence-electron chi connectivity index (χ3n) is 11.1. The Morgan fingerprint density at radius 3 is 0.759 bits per heavy atom. The van der Waals surface area contributed by atoms with Gasteiger partial charge in [0.05, 0.1) is 13.2 Å². The van der Waals surface area contributed by atoms with E-state index < -0.39 is 17.2 Å². The van der Waals surface area contributed by atoms with Crippen LogP contribution in [0.1, 0.15) is 194 Å². The monoisotopic (exact) mass is 1250 g/mol. The zero-order valence-electron chi connectivity index (χ0n) is 51.4. The van der Waals surface area contributed by atoms with Crippen molar-refractivity contribution in [3.63, 3.8) is 0 Å². The summed E-state index contributed by atoms with van der Waals surface area (Å²) in [5, 5.41) is 0. The van der Waals surface area contributed by atoms with Crippen LogP contribution in [0.3, 0.4) is 0 Å². The summed E-state index contributed by atoms with van der Waals surface area (Å²) in [6.07, 6.45) is 32.6. The number of hydrogen-bond acceptors (Lipinski definition) is 6. The molecule has 0 aliphatic heterocycles. The SMILES string of the molecule is CC#CC#CC#CC#CC#CC#COP(OCCCCCCCCCCCCC)Oc1ccc(C(C)(C)c2ccc(OP(OC#CC#CC#CC#CC#CC#CC)OCCCCCCCCCCCCC)cc2)cc1.O.O.O.O.O.O.O.O.O.O.O.O. The molecule has 0 fully saturated rings. The Hall–Kier alpha value is -7.34. The molecule has 0 saturated heterocycles. The maximum Gasteiger partial charge on any atom is 0.472 e. The zero-order chi connectivity index (χ0) is 53.8. The molecule has 0 heterocycles. The van der Waals surface area contributed by atoms with Gasteiger partial charge in [-0.05, 0) is 121 Å². The van der Waals surface area contributed by atoms with Gasteiger partial charge < -0.3 is 83.8 Å². The molecule has 0 radical (unpaired) electrons. The van der Waals surface area contributed by atoms with Gasteiger partial charge in [0.2, 0.25) is 0 Å². The molecule has 0 aliphatic rings. The van der Waals surface area contributed by atoms with Crippen LogP contribution >= 0.6 is 17.2 Å². The molecule has 2 atom stereocenters. The smallest absolute Gasteiger partial charge is 0.417 e. The molecule has 2 aromatic carbocycles. The summed E-state index contributed by atoms with van der Waals surface area (Å²) < 4.78 is 36.1. The van der Waals surface area contributed by atoms with Crippen molar-refractivity contribution in [1.29, 1.82) is 0 Å². The third kappa shape index (κ3) is 58.8. The molecule has 0 bridgehead atoms. The van der Waals surface area contributed by atoms with Gasteiger partial charge in [-0.15, -0.1) is 0 Å². The molecule has 24 N–H and O–H groups in total. The van der Waals surface area contributed by atoms with Gasteiger partial charge in [-0.25, -0.2) is 0 Å². The first-order chi connectivity index (χ1) is 36.9. The molecule has 0 saturated carbocycles. The maximum absolute atomic E-state index is 6.22. The van der Waals surface area contributed by atoms with E-state index in [4.69, 9.17) is 27.1 Å². The van der Waals surface area contributed by atoms with Crippen molar-refractivity contribution in [2.45, 2.75) is 188 Å². The summed E-state index contributed by atoms with van der Waals surface area (Å²) in [4.78, 5) is 0. The predicted octanol–water partition coefficient (Wildman–Crippen LogP) is 6.01. The average Bonchev–Trinajstić information content (AvgIpc) is 3.42. The van der Waals surface area contributed by atoms with Gasteiger partial charge in [-0.3, -0.25) is 9.05 Å². The lowest BCUT2D eigenvalue weighted by Crippen LogP contribution is -2.18. The first kappa shape index (κ1) is 105. The van der Waals surface area contributed by atoms with E-state index in [2.05, 4.69) is 170 Å². The van der Waals surface area contributed by atoms with Crippen molar-refractivity contribution >= 4 is 17.2 Å². The number of rotatable bonds is 34. The molecule has 484 valence electrons. The topological polar surface area (TPSA) is 433 Å². The third-order valence-corrected chi connectivity index (χ3v) is 13.1. The Kier molecular flexibility index (Phi) is 92.1. The fourth-order valence-corrected chi connectivity index (χ4v) is 8.62. The van der Waals surface area contributed by atoms with Crippen LogP contribution in [0.15, 0.2) is 48.5 Å². The van der Waals surface area contributed by atoms with Crippen molar-refractivity contribution in [1.82, 2.24) is 0 Å². The molecule has 2 aromatic rings. The lowest BCUT2D eigenvalue weighted by atomic mass is 9.78. The standard InChI is InChI=1S/C67H74O6P2.12H2O/c1-7-11-15-19-23-27-31-35-39-43-47-59-68-74(69-60-48-44-40-36-32-28-24-20-16-12-8-2)72-65-55-51-63(52-56-65)67(5,6)64-53-57-66(58-54-64)73-75(70-61-49-45-41-37-33-29-25-21-17-13-9-3)71-62-50-46-42-38-34-30-26-22-18-14-10-4;;;;;;;;;;;;/h51-58H,7,9,11,13,15,17,19,21,23,25,27,29,31,33,35,37,39,41,43,45,47,49,59,61H2,1-6H3;12*1H2. The highest BCUT2D eigenvalue weighted by Gasteiger charge is 2.25. The van der Waals surface area contributed by atoms with Crippen LogP contribution in [0.5, 0.6) is 11.5 Å². The molecule has 0 aromatic heterocycles. The highest BCUT2D eigenvalue weighted by atomic mass is 31.2. The quantitative estimate of drug-likeness (QED) is 0.0458. The number of unbranched alkanes of at least 4 members (excludes halogenated alkanes) is 20. The van der Waals surface area contributed by atoms with Gasteiger partial charge in [0.15, 0.2) is 0 Å². The fourth-order valence-electron chi connectivity index (χ4n) is 6.95. The Bertz CT molecular complexity index is 2580. The molecule has 18 nitrogen and oxygen atoms in total. The van der Waals surface area contributed by atoms with Gasteiger partial charge in [0.1, 0.15) is 23.7 Å². The molecular formula is C67H98O18P2. The lowest BCUT2D eigenvalue weighted by Gasteiger charge is -2.26. The van der Waals surface area contributed by atoms with Crippen LogP contribution in [-0.2, 0) is 23.5 Å². The molecule has 0 aliphatic carbocycles. The van der Waals surface area contributed by atoms with Crippen LogP contribution < -0.4 is 9.05 Å². The summed E-state index contributed by atoms with van der Waals surface area (Å²) in [6.45, 7) is 13.3. The Labute approximate surface area is 523 Å². The number of benzene rings is 2. The highest BCUT2D eigenvalue weighted by Crippen LogP contribution is 2.43. The molecule has 20 heteroatoms. The average molecular weight is 1250 g/mol. The largest absolute Gasteiger partial charge is 0.472 e. The van der Waals surface area contributed by atoms with Crippen molar-refractivity contribution in [2.75, 3.05) is 13.2 Å². The Morgan fingerprint density at radius 2 is 0.517 bits per heavy atom. The van der Waals surface area contributed by atoms with Crippen LogP contribution in [0.2, 0.25) is 0 Å². The first-order valence-electron chi connectivity index (χ1n) is 26.5. The minimum absolute atomic E-state index is 0. The van der Waals surface area contributed by atoms with E-state index >= 15 is 0 Å². The van der Waals surface area contributed by atoms with E-state index in [-0.39, 0.29) is 71.1 Å². The second-order valence-electron chi connectivity index (χ2n) is 17.4. The van der Waals surface area contributed by atoms with E-state index in [1.54, 1.807) is 13.8 Å². The minimum atomic E-state index is -1.82. The summed E-state index contributed by atoms with van der Waals surface area (Å²) in [7, 11) is -3.64. The fraction of sp³-hybridized carbons (Fsp3) is 0.463. The summed E-state index contributed by atoms with van der Waals surface area (Å²) in [5.41, 5.74) is 1.81. The zero-order valence-corrected chi connectivity index (χ0v) is 53.2. The summed E-state index contributed by atoms with van der Waals surface area (Å²) in [5.74, 6) is 58.9. The van der Waals surface area contributed by atoms with Crippen molar-refractivity contribution < 1.29 is 92.9 Å². The summed E-state index contributed by atoms with van der Waals surface area (Å²) in [6, 6.07) is 15.9. The molecule has 0 spiro atoms. The first-order valence-corrected chi connectivity index (χ1v) is 28.7. The van der Waals surface area contributed by atoms with Crippen LogP contribution in [-0.4, -0.2) is 78.9 Å². The van der Waals surface area contributed by atoms with Gasteiger partial charge >= 0.3 is 17.2 Å². The molecule has 2 rings (SSSR count). The Balaban J connectivity index is -0.000000535. The van der Waals surface area contributed by atoms with Crippen LogP contribution in [0.25, 0.3) is 0 Å². The van der Waals surface area contributed by atoms with Crippen LogP contribution in [0, 0.1) is 142 Å². The van der Waals surface area contributed by atoms with Gasteiger partial charge in [0, 0.05) is 64.6 Å². The molecular weight excluding hydrogens is 1150 g/mol. The Morgan fingerprint density at radius 1 is 0.299 bits per heavy atom. The minimum Gasteiger partial charge on any atom is -0.417 e. The molecule has 87 heavy (non-hydrogen) atoms. The second-order valence-corrected chi connectivity index (χ2v) is 19.6. The number of hydrogen-bond donors (Lipinski definition) is 0. The van der Waals surface area contributed by atoms with Gasteiger partial charge in [0.25, 0.3) is 0 Å². The lowest BCUT2D eigenvalue weighted by molar-refractivity contribution is 0.249. The molecule has 2 unspecified atom stereocenters. The predicted molar refractivity (Wildman–Crippen MR) is 355 cm³/mol. The van der Waals surface area contributed by atoms with E-state index in [9.17, 15) is 0 Å². The maximum atomic E-state index is 6.22. The van der Waals surface area contributed by atoms with E-state index in [1.165, 1.54) is 116 Å². The van der Waals surface area contributed by atoms with Crippen molar-refractivity contribution in [2.24, 2.45) is 0 Å². The van der Waals surface area contributed by atoms with E-state index in [0.29, 0.717) is 24.7 Å². The van der Waals surface area contributed by atoms with E-state index in [1.807, 2.05) is 48.5 Å². The second kappa shape index (κ2) is 76.7. The van der Waals surface area contributed by atoms with Gasteiger partial charge in [-0.2, -0.15) is 0 Å². The van der Waals surface area contributed by atoms with Crippen molar-refractivity contribution in [3.8, 4) is 154 Å².